The van der Waals surface area contributed by atoms with E-state index < -0.39 is 5.63 Å². The Labute approximate surface area is 166 Å². The van der Waals surface area contributed by atoms with E-state index in [1.165, 1.54) is 38.2 Å². The first-order valence-electron chi connectivity index (χ1n) is 10.2. The molecule has 1 aromatic carbocycles. The molecule has 0 aliphatic carbocycles. The van der Waals surface area contributed by atoms with Crippen molar-refractivity contribution in [2.24, 2.45) is 5.73 Å². The van der Waals surface area contributed by atoms with E-state index in [1.54, 1.807) is 12.1 Å². The van der Waals surface area contributed by atoms with Crippen LogP contribution in [0.5, 0.6) is 5.75 Å². The topological polar surface area (TPSA) is 94.6 Å². The van der Waals surface area contributed by atoms with E-state index in [2.05, 4.69) is 5.32 Å². The summed E-state index contributed by atoms with van der Waals surface area (Å²) in [6.45, 7) is 3.26. The molecule has 2 aromatic rings. The Morgan fingerprint density at radius 1 is 1.04 bits per heavy atom. The van der Waals surface area contributed by atoms with E-state index in [-0.39, 0.29) is 12.5 Å². The molecule has 0 aliphatic rings. The minimum atomic E-state index is -0.393. The summed E-state index contributed by atoms with van der Waals surface area (Å²) in [4.78, 5) is 23.4. The predicted octanol–water partition coefficient (Wildman–Crippen LogP) is 3.68. The van der Waals surface area contributed by atoms with Gasteiger partial charge in [-0.15, -0.1) is 0 Å². The van der Waals surface area contributed by atoms with Gasteiger partial charge in [0, 0.05) is 24.1 Å². The van der Waals surface area contributed by atoms with Crippen LogP contribution in [0.4, 0.5) is 0 Å². The average molecular weight is 389 g/mol. The molecule has 6 heteroatoms. The summed E-state index contributed by atoms with van der Waals surface area (Å²) in [5.74, 6) is 0.360. The van der Waals surface area contributed by atoms with Gasteiger partial charge in [-0.1, -0.05) is 38.5 Å². The Balaban J connectivity index is 1.60. The van der Waals surface area contributed by atoms with Gasteiger partial charge in [-0.05, 0) is 44.0 Å². The summed E-state index contributed by atoms with van der Waals surface area (Å²) in [5.41, 5.74) is 6.40. The van der Waals surface area contributed by atoms with Crippen molar-refractivity contribution >= 4 is 16.9 Å². The molecule has 1 aromatic heterocycles. The third kappa shape index (κ3) is 7.72. The lowest BCUT2D eigenvalue weighted by Gasteiger charge is -2.08. The highest BCUT2D eigenvalue weighted by Gasteiger charge is 2.06. The summed E-state index contributed by atoms with van der Waals surface area (Å²) in [6, 6.07) is 6.70. The van der Waals surface area contributed by atoms with Crippen LogP contribution in [0.25, 0.3) is 11.0 Å². The average Bonchev–Trinajstić information content (AvgIpc) is 2.67. The van der Waals surface area contributed by atoms with Crippen LogP contribution >= 0.6 is 0 Å². The molecule has 0 atom stereocenters. The third-order valence-electron chi connectivity index (χ3n) is 4.75. The second-order valence-corrected chi connectivity index (χ2v) is 7.16. The number of amides is 1. The molecule has 0 fully saturated rings. The number of aryl methyl sites for hydroxylation is 1. The highest BCUT2D eigenvalue weighted by atomic mass is 16.5. The fourth-order valence-electron chi connectivity index (χ4n) is 3.15. The van der Waals surface area contributed by atoms with E-state index in [4.69, 9.17) is 14.9 Å². The molecular formula is C22H32N2O4. The van der Waals surface area contributed by atoms with Gasteiger partial charge in [0.1, 0.15) is 11.3 Å². The lowest BCUT2D eigenvalue weighted by Crippen LogP contribution is -2.29. The predicted molar refractivity (Wildman–Crippen MR) is 112 cm³/mol. The number of ether oxygens (including phenoxy) is 1. The van der Waals surface area contributed by atoms with Gasteiger partial charge in [0.2, 0.25) is 0 Å². The number of nitrogens with two attached hydrogens (primary N) is 1. The number of carbonyl (C=O) groups is 1. The Morgan fingerprint density at radius 3 is 2.43 bits per heavy atom. The van der Waals surface area contributed by atoms with Crippen LogP contribution in [0.15, 0.2) is 33.5 Å². The van der Waals surface area contributed by atoms with E-state index in [0.29, 0.717) is 17.9 Å². The largest absolute Gasteiger partial charge is 0.484 e. The van der Waals surface area contributed by atoms with Crippen LogP contribution in [-0.2, 0) is 4.79 Å². The zero-order valence-electron chi connectivity index (χ0n) is 16.8. The molecule has 0 aliphatic heterocycles. The Bertz CT molecular complexity index is 801. The Kier molecular flexibility index (Phi) is 9.55. The second-order valence-electron chi connectivity index (χ2n) is 7.16. The number of benzene rings is 1. The fourth-order valence-corrected chi connectivity index (χ4v) is 3.15. The van der Waals surface area contributed by atoms with E-state index in [9.17, 15) is 9.59 Å². The second kappa shape index (κ2) is 12.2. The van der Waals surface area contributed by atoms with Gasteiger partial charge in [0.25, 0.3) is 5.91 Å². The maximum absolute atomic E-state index is 11.9. The van der Waals surface area contributed by atoms with Gasteiger partial charge >= 0.3 is 5.63 Å². The van der Waals surface area contributed by atoms with Crippen molar-refractivity contribution < 1.29 is 13.9 Å². The number of carbonyl (C=O) groups excluding carboxylic acids is 1. The Hall–Kier alpha value is -2.34. The highest BCUT2D eigenvalue weighted by molar-refractivity contribution is 5.81. The normalized spacial score (nSPS) is 10.9. The van der Waals surface area contributed by atoms with Crippen LogP contribution in [-0.4, -0.2) is 25.6 Å². The monoisotopic (exact) mass is 388 g/mol. The van der Waals surface area contributed by atoms with Crippen LogP contribution in [0.1, 0.15) is 56.9 Å². The molecule has 0 radical (unpaired) electrons. The summed E-state index contributed by atoms with van der Waals surface area (Å²) in [5, 5.41) is 3.73. The van der Waals surface area contributed by atoms with E-state index in [1.807, 2.05) is 13.0 Å². The summed E-state index contributed by atoms with van der Waals surface area (Å²) in [7, 11) is 0. The van der Waals surface area contributed by atoms with Crippen molar-refractivity contribution in [3.05, 3.63) is 40.2 Å². The number of nitrogens with one attached hydrogen (secondary N) is 1. The lowest BCUT2D eigenvalue weighted by molar-refractivity contribution is -0.123. The SMILES string of the molecule is Cc1cc(=O)oc2cc(OCC(=O)NCCCCCCCCCCN)ccc12. The first-order chi connectivity index (χ1) is 13.6. The van der Waals surface area contributed by atoms with Crippen molar-refractivity contribution in [2.45, 2.75) is 58.3 Å². The first-order valence-corrected chi connectivity index (χ1v) is 10.2. The number of fused-ring (bicyclic) bond motifs is 1. The quantitative estimate of drug-likeness (QED) is 0.403. The molecule has 0 spiro atoms. The summed E-state index contributed by atoms with van der Waals surface area (Å²) >= 11 is 0. The number of rotatable bonds is 13. The molecule has 0 bridgehead atoms. The van der Waals surface area contributed by atoms with Gasteiger partial charge in [0.15, 0.2) is 6.61 Å². The number of unbranched alkanes of at least 4 members (excludes halogenated alkanes) is 7. The van der Waals surface area contributed by atoms with Gasteiger partial charge in [-0.2, -0.15) is 0 Å². The van der Waals surface area contributed by atoms with Gasteiger partial charge in [0.05, 0.1) is 0 Å². The van der Waals surface area contributed by atoms with Crippen molar-refractivity contribution in [1.82, 2.24) is 5.32 Å². The van der Waals surface area contributed by atoms with Gasteiger partial charge in [-0.25, -0.2) is 4.79 Å². The molecule has 0 saturated heterocycles. The van der Waals surface area contributed by atoms with Crippen LogP contribution in [0, 0.1) is 6.92 Å². The standard InChI is InChI=1S/C22H32N2O4/c1-17-14-22(26)28-20-15-18(10-11-19(17)20)27-16-21(25)24-13-9-7-5-3-2-4-6-8-12-23/h10-11,14-15H,2-9,12-13,16,23H2,1H3,(H,24,25). The number of hydrogen-bond acceptors (Lipinski definition) is 5. The molecule has 1 heterocycles. The maximum atomic E-state index is 11.9. The van der Waals surface area contributed by atoms with Crippen LogP contribution < -0.4 is 21.4 Å². The molecule has 2 rings (SSSR count). The molecule has 6 nitrogen and oxygen atoms in total. The smallest absolute Gasteiger partial charge is 0.336 e. The highest BCUT2D eigenvalue weighted by Crippen LogP contribution is 2.22. The third-order valence-corrected chi connectivity index (χ3v) is 4.75. The lowest BCUT2D eigenvalue weighted by atomic mass is 10.1. The molecular weight excluding hydrogens is 356 g/mol. The van der Waals surface area contributed by atoms with Gasteiger partial charge < -0.3 is 20.2 Å². The van der Waals surface area contributed by atoms with Crippen molar-refractivity contribution in [2.75, 3.05) is 19.7 Å². The van der Waals surface area contributed by atoms with Gasteiger partial charge in [-0.3, -0.25) is 4.79 Å². The molecule has 28 heavy (non-hydrogen) atoms. The van der Waals surface area contributed by atoms with E-state index in [0.717, 1.165) is 36.8 Å². The summed E-state index contributed by atoms with van der Waals surface area (Å²) in [6.07, 6.45) is 9.46. The van der Waals surface area contributed by atoms with Crippen molar-refractivity contribution in [3.63, 3.8) is 0 Å². The Morgan fingerprint density at radius 2 is 1.71 bits per heavy atom. The van der Waals surface area contributed by atoms with Crippen molar-refractivity contribution in [3.8, 4) is 5.75 Å². The number of hydrogen-bond donors (Lipinski definition) is 2. The molecule has 1 amide bonds. The molecule has 0 saturated carbocycles. The van der Waals surface area contributed by atoms with E-state index >= 15 is 0 Å². The fraction of sp³-hybridized carbons (Fsp3) is 0.545. The molecule has 0 unspecified atom stereocenters. The minimum Gasteiger partial charge on any atom is -0.484 e. The maximum Gasteiger partial charge on any atom is 0.336 e. The summed E-state index contributed by atoms with van der Waals surface area (Å²) < 4.78 is 10.7. The first kappa shape index (κ1) is 22.0. The molecule has 154 valence electrons. The molecule has 3 N–H and O–H groups in total. The zero-order chi connectivity index (χ0) is 20.2. The zero-order valence-corrected chi connectivity index (χ0v) is 16.8. The van der Waals surface area contributed by atoms with Crippen LogP contribution in [0.2, 0.25) is 0 Å². The van der Waals surface area contributed by atoms with Crippen molar-refractivity contribution in [1.29, 1.82) is 0 Å². The minimum absolute atomic E-state index is 0.0529. The van der Waals surface area contributed by atoms with Crippen LogP contribution in [0.3, 0.4) is 0 Å².